The van der Waals surface area contributed by atoms with Crippen LogP contribution >= 0.6 is 24.0 Å². The zero-order valence-electron chi connectivity index (χ0n) is 12.1. The van der Waals surface area contributed by atoms with Crippen molar-refractivity contribution in [3.05, 3.63) is 0 Å². The van der Waals surface area contributed by atoms with Crippen molar-refractivity contribution in [1.82, 2.24) is 10.2 Å². The fraction of sp³-hybridized carbons (Fsp3) is 0.867. The number of thioether (sulfide) groups is 1. The average Bonchev–Trinajstić information content (AvgIpc) is 3.11. The molecule has 4 atom stereocenters. The molecule has 1 aliphatic heterocycles. The van der Waals surface area contributed by atoms with Crippen molar-refractivity contribution in [3.8, 4) is 0 Å². The Morgan fingerprint density at radius 2 is 2.20 bits per heavy atom. The van der Waals surface area contributed by atoms with Gasteiger partial charge in [-0.1, -0.05) is 6.42 Å². The lowest BCUT2D eigenvalue weighted by molar-refractivity contribution is -0.127. The van der Waals surface area contributed by atoms with Gasteiger partial charge in [-0.15, -0.1) is 0 Å². The van der Waals surface area contributed by atoms with E-state index in [0.717, 1.165) is 42.9 Å². The summed E-state index contributed by atoms with van der Waals surface area (Å²) in [5, 5.41) is 3.85. The number of carbonyl (C=O) groups is 1. The van der Waals surface area contributed by atoms with E-state index in [0.29, 0.717) is 5.11 Å². The molecule has 0 unspecified atom stereocenters. The zero-order chi connectivity index (χ0) is 14.1. The van der Waals surface area contributed by atoms with Crippen LogP contribution in [-0.4, -0.2) is 40.5 Å². The minimum atomic E-state index is -0.0741. The number of nitrogens with zero attached hydrogens (tertiary/aromatic N) is 1. The molecular weight excluding hydrogens is 288 g/mol. The van der Waals surface area contributed by atoms with Crippen LogP contribution in [0.2, 0.25) is 0 Å². The van der Waals surface area contributed by atoms with E-state index in [-0.39, 0.29) is 11.9 Å². The fourth-order valence-corrected chi connectivity index (χ4v) is 5.04. The average molecular weight is 313 g/mol. The molecule has 2 aliphatic carbocycles. The summed E-state index contributed by atoms with van der Waals surface area (Å²) in [6.45, 7) is 0.828. The quantitative estimate of drug-likeness (QED) is 0.764. The molecular formula is C15H24N2OS2. The third-order valence-electron chi connectivity index (χ3n) is 5.33. The molecule has 3 fully saturated rings. The second kappa shape index (κ2) is 6.22. The molecule has 0 radical (unpaired) electrons. The monoisotopic (exact) mass is 312 g/mol. The molecule has 2 bridgehead atoms. The number of thiocarbonyl (C=S) groups is 1. The lowest BCUT2D eigenvalue weighted by atomic mass is 9.86. The highest BCUT2D eigenvalue weighted by molar-refractivity contribution is 7.98. The first-order valence-corrected chi connectivity index (χ1v) is 9.60. The first-order chi connectivity index (χ1) is 9.69. The normalized spacial score (nSPS) is 36.0. The van der Waals surface area contributed by atoms with E-state index in [1.54, 1.807) is 11.8 Å². The smallest absolute Gasteiger partial charge is 0.251 e. The molecule has 3 rings (SSSR count). The van der Waals surface area contributed by atoms with Crippen molar-refractivity contribution in [2.24, 2.45) is 17.8 Å². The Kier molecular flexibility index (Phi) is 4.55. The molecule has 1 N–H and O–H groups in total. The Morgan fingerprint density at radius 3 is 2.85 bits per heavy atom. The standard InChI is InChI=1S/C15H24N2OS2/c1-20-7-5-13-14(18)17(15(19)16-13)6-4-12-9-10-2-3-11(12)8-10/h10-13H,2-9H2,1H3,(H,16,19)/t10-,11-,12-,13+/m0/s1. The molecule has 1 heterocycles. The van der Waals surface area contributed by atoms with Gasteiger partial charge >= 0.3 is 0 Å². The number of amides is 1. The van der Waals surface area contributed by atoms with Crippen LogP contribution < -0.4 is 5.32 Å². The lowest BCUT2D eigenvalue weighted by Crippen LogP contribution is -2.33. The summed E-state index contributed by atoms with van der Waals surface area (Å²) in [5.41, 5.74) is 0. The molecule has 0 aromatic heterocycles. The number of hydrogen-bond donors (Lipinski definition) is 1. The molecule has 1 amide bonds. The van der Waals surface area contributed by atoms with Crippen molar-refractivity contribution in [2.75, 3.05) is 18.6 Å². The van der Waals surface area contributed by atoms with E-state index in [1.165, 1.54) is 25.7 Å². The topological polar surface area (TPSA) is 32.3 Å². The van der Waals surface area contributed by atoms with Crippen molar-refractivity contribution in [1.29, 1.82) is 0 Å². The molecule has 112 valence electrons. The molecule has 0 aromatic rings. The summed E-state index contributed by atoms with van der Waals surface area (Å²) in [6.07, 6.45) is 9.79. The van der Waals surface area contributed by atoms with Crippen LogP contribution in [0.25, 0.3) is 0 Å². The van der Waals surface area contributed by atoms with Gasteiger partial charge in [0.15, 0.2) is 5.11 Å². The Morgan fingerprint density at radius 1 is 1.35 bits per heavy atom. The maximum Gasteiger partial charge on any atom is 0.251 e. The Labute approximate surface area is 131 Å². The first-order valence-electron chi connectivity index (χ1n) is 7.80. The van der Waals surface area contributed by atoms with Gasteiger partial charge in [-0.05, 0) is 74.1 Å². The van der Waals surface area contributed by atoms with Gasteiger partial charge < -0.3 is 5.32 Å². The lowest BCUT2D eigenvalue weighted by Gasteiger charge is -2.24. The Hall–Kier alpha value is -0.290. The highest BCUT2D eigenvalue weighted by atomic mass is 32.2. The fourth-order valence-electron chi connectivity index (χ4n) is 4.24. The third kappa shape index (κ3) is 2.84. The largest absolute Gasteiger partial charge is 0.350 e. The third-order valence-corrected chi connectivity index (χ3v) is 6.31. The van der Waals surface area contributed by atoms with Crippen LogP contribution in [0.15, 0.2) is 0 Å². The van der Waals surface area contributed by atoms with Crippen LogP contribution in [0.3, 0.4) is 0 Å². The minimum absolute atomic E-state index is 0.0741. The van der Waals surface area contributed by atoms with Gasteiger partial charge in [0.25, 0.3) is 5.91 Å². The van der Waals surface area contributed by atoms with Crippen LogP contribution in [0.4, 0.5) is 0 Å². The summed E-state index contributed by atoms with van der Waals surface area (Å²) in [7, 11) is 0. The van der Waals surface area contributed by atoms with E-state index in [4.69, 9.17) is 12.2 Å². The molecule has 0 aromatic carbocycles. The van der Waals surface area contributed by atoms with Gasteiger partial charge in [0.2, 0.25) is 0 Å². The predicted octanol–water partition coefficient (Wildman–Crippen LogP) is 2.65. The molecule has 20 heavy (non-hydrogen) atoms. The van der Waals surface area contributed by atoms with Crippen LogP contribution in [-0.2, 0) is 4.79 Å². The molecule has 3 aliphatic rings. The summed E-state index contributed by atoms with van der Waals surface area (Å²) in [5.74, 6) is 3.97. The summed E-state index contributed by atoms with van der Waals surface area (Å²) >= 11 is 7.12. The van der Waals surface area contributed by atoms with Crippen molar-refractivity contribution in [2.45, 2.75) is 44.6 Å². The van der Waals surface area contributed by atoms with Gasteiger partial charge in [0.05, 0.1) is 0 Å². The van der Waals surface area contributed by atoms with E-state index >= 15 is 0 Å². The van der Waals surface area contributed by atoms with Gasteiger partial charge in [0.1, 0.15) is 6.04 Å². The molecule has 5 heteroatoms. The molecule has 0 spiro atoms. The Balaban J connectivity index is 1.50. The van der Waals surface area contributed by atoms with Crippen molar-refractivity contribution in [3.63, 3.8) is 0 Å². The van der Waals surface area contributed by atoms with Gasteiger partial charge in [-0.2, -0.15) is 11.8 Å². The maximum absolute atomic E-state index is 12.4. The van der Waals surface area contributed by atoms with Gasteiger partial charge in [0, 0.05) is 6.54 Å². The number of rotatable bonds is 6. The maximum atomic E-state index is 12.4. The first kappa shape index (κ1) is 14.6. The molecule has 1 saturated heterocycles. The van der Waals surface area contributed by atoms with Gasteiger partial charge in [-0.3, -0.25) is 9.69 Å². The second-order valence-corrected chi connectivity index (χ2v) is 7.87. The van der Waals surface area contributed by atoms with Crippen molar-refractivity contribution >= 4 is 35.0 Å². The molecule has 2 saturated carbocycles. The highest BCUT2D eigenvalue weighted by Gasteiger charge is 2.40. The zero-order valence-corrected chi connectivity index (χ0v) is 13.8. The number of fused-ring (bicyclic) bond motifs is 2. The van der Waals surface area contributed by atoms with E-state index in [2.05, 4.69) is 11.6 Å². The second-order valence-electron chi connectivity index (χ2n) is 6.50. The van der Waals surface area contributed by atoms with Crippen LogP contribution in [0, 0.1) is 17.8 Å². The van der Waals surface area contributed by atoms with E-state index in [9.17, 15) is 4.79 Å². The SMILES string of the molecule is CSCC[C@H]1NC(=S)N(CC[C@H]2C[C@H]3CC[C@H]2C3)C1=O. The number of nitrogens with one attached hydrogen (secondary N) is 1. The number of carbonyl (C=O) groups excluding carboxylic acids is 1. The van der Waals surface area contributed by atoms with Crippen LogP contribution in [0.1, 0.15) is 38.5 Å². The summed E-state index contributed by atoms with van der Waals surface area (Å²) in [6, 6.07) is -0.0741. The van der Waals surface area contributed by atoms with E-state index in [1.807, 2.05) is 4.90 Å². The highest BCUT2D eigenvalue weighted by Crippen LogP contribution is 2.49. The molecule has 3 nitrogen and oxygen atoms in total. The minimum Gasteiger partial charge on any atom is -0.350 e. The number of hydrogen-bond acceptors (Lipinski definition) is 3. The summed E-state index contributed by atoms with van der Waals surface area (Å²) in [4.78, 5) is 14.2. The Bertz CT molecular complexity index is 401. The van der Waals surface area contributed by atoms with E-state index < -0.39 is 0 Å². The van der Waals surface area contributed by atoms with Crippen molar-refractivity contribution < 1.29 is 4.79 Å². The predicted molar refractivity (Wildman–Crippen MR) is 87.8 cm³/mol. The van der Waals surface area contributed by atoms with Gasteiger partial charge in [-0.25, -0.2) is 0 Å². The summed E-state index contributed by atoms with van der Waals surface area (Å²) < 4.78 is 0. The van der Waals surface area contributed by atoms with Crippen LogP contribution in [0.5, 0.6) is 0 Å².